The third-order valence-electron chi connectivity index (χ3n) is 4.95. The maximum Gasteiger partial charge on any atom is 0.139 e. The highest BCUT2D eigenvalue weighted by Crippen LogP contribution is 2.23. The van der Waals surface area contributed by atoms with E-state index in [1.165, 1.54) is 11.1 Å². The molecule has 1 atom stereocenters. The molecule has 5 nitrogen and oxygen atoms in total. The molecule has 5 heteroatoms. The van der Waals surface area contributed by atoms with E-state index in [1.807, 2.05) is 12.1 Å². The Kier molecular flexibility index (Phi) is 4.04. The first-order chi connectivity index (χ1) is 11.7. The Morgan fingerprint density at radius 2 is 1.96 bits per heavy atom. The fourth-order valence-electron chi connectivity index (χ4n) is 3.63. The van der Waals surface area contributed by atoms with Gasteiger partial charge in [-0.25, -0.2) is 4.63 Å². The summed E-state index contributed by atoms with van der Waals surface area (Å²) in [5, 5.41) is 7.97. The summed E-state index contributed by atoms with van der Waals surface area (Å²) in [6, 6.07) is 15.3. The zero-order chi connectivity index (χ0) is 16.5. The molecule has 3 aromatic rings. The number of benzene rings is 2. The highest BCUT2D eigenvalue weighted by molar-refractivity contribution is 5.76. The largest absolute Gasteiger partial charge is 0.300 e. The summed E-state index contributed by atoms with van der Waals surface area (Å²) in [6.07, 6.45) is 1.10. The minimum absolute atomic E-state index is 0.527. The van der Waals surface area contributed by atoms with Gasteiger partial charge in [0.2, 0.25) is 0 Å². The van der Waals surface area contributed by atoms with Crippen LogP contribution in [0.25, 0.3) is 11.0 Å². The van der Waals surface area contributed by atoms with Gasteiger partial charge in [0.05, 0.1) is 0 Å². The third-order valence-corrected chi connectivity index (χ3v) is 4.95. The van der Waals surface area contributed by atoms with Crippen LogP contribution in [-0.4, -0.2) is 46.8 Å². The Labute approximate surface area is 141 Å². The van der Waals surface area contributed by atoms with E-state index >= 15 is 0 Å². The Bertz CT molecular complexity index is 844. The Morgan fingerprint density at radius 3 is 2.83 bits per heavy atom. The van der Waals surface area contributed by atoms with Gasteiger partial charge in [-0.05, 0) is 53.6 Å². The van der Waals surface area contributed by atoms with E-state index in [0.717, 1.165) is 42.7 Å². The maximum atomic E-state index is 4.87. The minimum Gasteiger partial charge on any atom is -0.300 e. The van der Waals surface area contributed by atoms with Crippen molar-refractivity contribution in [3.8, 4) is 0 Å². The zero-order valence-electron chi connectivity index (χ0n) is 14.1. The van der Waals surface area contributed by atoms with Crippen molar-refractivity contribution < 1.29 is 4.63 Å². The molecule has 0 saturated carbocycles. The van der Waals surface area contributed by atoms with E-state index in [-0.39, 0.29) is 0 Å². The second-order valence-electron chi connectivity index (χ2n) is 6.79. The molecule has 0 amide bonds. The summed E-state index contributed by atoms with van der Waals surface area (Å²) in [6.45, 7) is 2.89. The molecule has 24 heavy (non-hydrogen) atoms. The first-order valence-electron chi connectivity index (χ1n) is 8.36. The SMILES string of the molecule is CN(Cc1cccc2nonc12)C[C@H]1Cc2ccccc2CN1C. The monoisotopic (exact) mass is 322 g/mol. The molecule has 0 saturated heterocycles. The van der Waals surface area contributed by atoms with Crippen LogP contribution in [0.4, 0.5) is 0 Å². The molecule has 0 unspecified atom stereocenters. The molecular formula is C19H22N4O. The molecule has 1 aliphatic rings. The van der Waals surface area contributed by atoms with Gasteiger partial charge in [-0.3, -0.25) is 4.90 Å². The van der Waals surface area contributed by atoms with Crippen molar-refractivity contribution in [2.75, 3.05) is 20.6 Å². The number of hydrogen-bond donors (Lipinski definition) is 0. The van der Waals surface area contributed by atoms with Crippen LogP contribution < -0.4 is 0 Å². The van der Waals surface area contributed by atoms with Crippen LogP contribution >= 0.6 is 0 Å². The van der Waals surface area contributed by atoms with Gasteiger partial charge in [0.1, 0.15) is 11.0 Å². The predicted molar refractivity (Wildman–Crippen MR) is 93.5 cm³/mol. The van der Waals surface area contributed by atoms with Gasteiger partial charge in [-0.1, -0.05) is 36.4 Å². The van der Waals surface area contributed by atoms with E-state index in [1.54, 1.807) is 0 Å². The van der Waals surface area contributed by atoms with Gasteiger partial charge < -0.3 is 4.90 Å². The first-order valence-corrected chi connectivity index (χ1v) is 8.36. The normalized spacial score (nSPS) is 18.2. The van der Waals surface area contributed by atoms with Crippen molar-refractivity contribution in [3.05, 3.63) is 59.2 Å². The number of aromatic nitrogens is 2. The number of fused-ring (bicyclic) bond motifs is 2. The summed E-state index contributed by atoms with van der Waals surface area (Å²) in [5.74, 6) is 0. The number of rotatable bonds is 4. The molecule has 0 aliphatic carbocycles. The first kappa shape index (κ1) is 15.3. The number of hydrogen-bond acceptors (Lipinski definition) is 5. The van der Waals surface area contributed by atoms with Crippen LogP contribution in [0.2, 0.25) is 0 Å². The lowest BCUT2D eigenvalue weighted by Crippen LogP contribution is -2.44. The van der Waals surface area contributed by atoms with Crippen LogP contribution in [0.1, 0.15) is 16.7 Å². The van der Waals surface area contributed by atoms with E-state index in [4.69, 9.17) is 4.63 Å². The zero-order valence-corrected chi connectivity index (χ0v) is 14.1. The number of likely N-dealkylation sites (N-methyl/N-ethyl adjacent to an activating group) is 2. The molecular weight excluding hydrogens is 300 g/mol. The van der Waals surface area contributed by atoms with Crippen molar-refractivity contribution in [2.45, 2.75) is 25.6 Å². The molecule has 124 valence electrons. The molecule has 0 N–H and O–H groups in total. The average molecular weight is 322 g/mol. The van der Waals surface area contributed by atoms with Crippen LogP contribution in [-0.2, 0) is 19.5 Å². The van der Waals surface area contributed by atoms with E-state index in [0.29, 0.717) is 6.04 Å². The second-order valence-corrected chi connectivity index (χ2v) is 6.79. The topological polar surface area (TPSA) is 45.4 Å². The van der Waals surface area contributed by atoms with Gasteiger partial charge in [-0.15, -0.1) is 0 Å². The Morgan fingerprint density at radius 1 is 1.12 bits per heavy atom. The predicted octanol–water partition coefficient (Wildman–Crippen LogP) is 2.71. The molecule has 1 aliphatic heterocycles. The van der Waals surface area contributed by atoms with Crippen LogP contribution in [0.5, 0.6) is 0 Å². The van der Waals surface area contributed by atoms with Gasteiger partial charge >= 0.3 is 0 Å². The van der Waals surface area contributed by atoms with Crippen molar-refractivity contribution in [3.63, 3.8) is 0 Å². The molecule has 1 aromatic heterocycles. The molecule has 2 aromatic carbocycles. The molecule has 0 bridgehead atoms. The van der Waals surface area contributed by atoms with E-state index in [9.17, 15) is 0 Å². The second kappa shape index (κ2) is 6.34. The third kappa shape index (κ3) is 2.92. The number of nitrogens with zero attached hydrogens (tertiary/aromatic N) is 4. The van der Waals surface area contributed by atoms with Crippen molar-refractivity contribution in [1.29, 1.82) is 0 Å². The van der Waals surface area contributed by atoms with Gasteiger partial charge in [0.25, 0.3) is 0 Å². The molecule has 0 radical (unpaired) electrons. The van der Waals surface area contributed by atoms with E-state index < -0.39 is 0 Å². The summed E-state index contributed by atoms with van der Waals surface area (Å²) >= 11 is 0. The Balaban J connectivity index is 1.46. The average Bonchev–Trinajstić information content (AvgIpc) is 3.05. The standard InChI is InChI=1S/C19H22N4O/c1-22(11-16-8-5-9-18-19(16)21-24-20-18)13-17-10-14-6-3-4-7-15(14)12-23(17)2/h3-9,17H,10-13H2,1-2H3/t17-/m1/s1. The summed E-state index contributed by atoms with van der Waals surface area (Å²) in [5.41, 5.74) is 5.79. The molecule has 0 fully saturated rings. The summed E-state index contributed by atoms with van der Waals surface area (Å²) in [7, 11) is 4.39. The van der Waals surface area contributed by atoms with E-state index in [2.05, 4.69) is 64.5 Å². The molecule has 2 heterocycles. The highest BCUT2D eigenvalue weighted by atomic mass is 16.6. The van der Waals surface area contributed by atoms with Crippen LogP contribution in [0.3, 0.4) is 0 Å². The van der Waals surface area contributed by atoms with Crippen LogP contribution in [0.15, 0.2) is 47.1 Å². The molecule has 4 rings (SSSR count). The van der Waals surface area contributed by atoms with Gasteiger partial charge in [-0.2, -0.15) is 0 Å². The van der Waals surface area contributed by atoms with Crippen molar-refractivity contribution in [2.24, 2.45) is 0 Å². The fraction of sp³-hybridized carbons (Fsp3) is 0.368. The highest BCUT2D eigenvalue weighted by Gasteiger charge is 2.24. The minimum atomic E-state index is 0.527. The van der Waals surface area contributed by atoms with Crippen molar-refractivity contribution in [1.82, 2.24) is 20.1 Å². The summed E-state index contributed by atoms with van der Waals surface area (Å²) in [4.78, 5) is 4.82. The van der Waals surface area contributed by atoms with Gasteiger partial charge in [0.15, 0.2) is 0 Å². The van der Waals surface area contributed by atoms with Gasteiger partial charge in [0, 0.05) is 25.7 Å². The Hall–Kier alpha value is -2.24. The van der Waals surface area contributed by atoms with Crippen molar-refractivity contribution >= 4 is 11.0 Å². The lowest BCUT2D eigenvalue weighted by atomic mass is 9.94. The summed E-state index contributed by atoms with van der Waals surface area (Å²) < 4.78 is 4.87. The maximum absolute atomic E-state index is 4.87. The molecule has 0 spiro atoms. The fourth-order valence-corrected chi connectivity index (χ4v) is 3.63. The lowest BCUT2D eigenvalue weighted by Gasteiger charge is -2.36. The van der Waals surface area contributed by atoms with Crippen LogP contribution in [0, 0.1) is 0 Å². The lowest BCUT2D eigenvalue weighted by molar-refractivity contribution is 0.159. The smallest absolute Gasteiger partial charge is 0.139 e. The quantitative estimate of drug-likeness (QED) is 0.739.